The minimum atomic E-state index is -3.88. The van der Waals surface area contributed by atoms with Gasteiger partial charge in [-0.3, -0.25) is 0 Å². The minimum Gasteiger partial charge on any atom is -0.490 e. The van der Waals surface area contributed by atoms with Crippen molar-refractivity contribution >= 4 is 21.4 Å². The number of halogens is 3. The van der Waals surface area contributed by atoms with Gasteiger partial charge in [0.2, 0.25) is 0 Å². The van der Waals surface area contributed by atoms with Crippen molar-refractivity contribution in [3.63, 3.8) is 0 Å². The number of benzene rings is 2. The number of fused-ring (bicyclic) bond motifs is 1. The predicted molar refractivity (Wildman–Crippen MR) is 89.2 cm³/mol. The minimum absolute atomic E-state index is 0.00482. The Balaban J connectivity index is 0.00000100. The van der Waals surface area contributed by atoms with Crippen LogP contribution in [0.15, 0.2) is 41.3 Å². The summed E-state index contributed by atoms with van der Waals surface area (Å²) in [5.74, 6) is -1.89. The van der Waals surface area contributed by atoms with Crippen LogP contribution >= 0.6 is 11.6 Å². The molecule has 0 bridgehead atoms. The number of hydrogen-bond acceptors (Lipinski definition) is 3. The van der Waals surface area contributed by atoms with E-state index in [1.165, 1.54) is 24.3 Å². The third-order valence-electron chi connectivity index (χ3n) is 3.56. The van der Waals surface area contributed by atoms with Crippen LogP contribution in [-0.4, -0.2) is 15.0 Å². The van der Waals surface area contributed by atoms with Crippen molar-refractivity contribution in [1.82, 2.24) is 0 Å². The zero-order chi connectivity index (χ0) is 17.9. The molecule has 0 aromatic heterocycles. The Morgan fingerprint density at radius 3 is 2.25 bits per heavy atom. The molecule has 0 saturated heterocycles. The SMILES string of the molecule is CC.O=S(=O)(c1ccc(Cl)cc1)C1CCOc2c(F)ccc(F)c21. The van der Waals surface area contributed by atoms with Crippen LogP contribution in [0, 0.1) is 11.6 Å². The summed E-state index contributed by atoms with van der Waals surface area (Å²) in [6.07, 6.45) is 0.0539. The Labute approximate surface area is 145 Å². The van der Waals surface area contributed by atoms with Gasteiger partial charge in [-0.25, -0.2) is 17.2 Å². The largest absolute Gasteiger partial charge is 0.490 e. The quantitative estimate of drug-likeness (QED) is 0.747. The Hall–Kier alpha value is -1.66. The number of ether oxygens (including phenoxy) is 1. The molecule has 0 radical (unpaired) electrons. The molecule has 1 heterocycles. The van der Waals surface area contributed by atoms with E-state index in [1.807, 2.05) is 13.8 Å². The molecule has 1 unspecified atom stereocenters. The lowest BCUT2D eigenvalue weighted by molar-refractivity contribution is 0.264. The summed E-state index contributed by atoms with van der Waals surface area (Å²) < 4.78 is 58.4. The van der Waals surface area contributed by atoms with Crippen molar-refractivity contribution in [2.24, 2.45) is 0 Å². The fourth-order valence-corrected chi connectivity index (χ4v) is 4.41. The average molecular weight is 375 g/mol. The van der Waals surface area contributed by atoms with E-state index in [1.54, 1.807) is 0 Å². The van der Waals surface area contributed by atoms with Gasteiger partial charge < -0.3 is 4.74 Å². The van der Waals surface area contributed by atoms with Crippen LogP contribution in [0.25, 0.3) is 0 Å². The summed E-state index contributed by atoms with van der Waals surface area (Å²) in [5.41, 5.74) is -0.249. The molecule has 24 heavy (non-hydrogen) atoms. The van der Waals surface area contributed by atoms with Crippen molar-refractivity contribution in [2.45, 2.75) is 30.4 Å². The summed E-state index contributed by atoms with van der Waals surface area (Å²) in [6.45, 7) is 4.00. The van der Waals surface area contributed by atoms with E-state index < -0.39 is 26.7 Å². The molecule has 3 nitrogen and oxygen atoms in total. The Morgan fingerprint density at radius 2 is 1.62 bits per heavy atom. The van der Waals surface area contributed by atoms with E-state index in [0.717, 1.165) is 12.1 Å². The summed E-state index contributed by atoms with van der Waals surface area (Å²) >= 11 is 5.75. The highest BCUT2D eigenvalue weighted by molar-refractivity contribution is 7.91. The van der Waals surface area contributed by atoms with E-state index in [-0.39, 0.29) is 29.2 Å². The fraction of sp³-hybridized carbons (Fsp3) is 0.294. The molecule has 0 amide bonds. The van der Waals surface area contributed by atoms with E-state index >= 15 is 0 Å². The molecule has 2 aromatic carbocycles. The zero-order valence-electron chi connectivity index (χ0n) is 13.2. The molecule has 0 saturated carbocycles. The van der Waals surface area contributed by atoms with Crippen molar-refractivity contribution in [3.05, 3.63) is 58.6 Å². The summed E-state index contributed by atoms with van der Waals surface area (Å²) in [4.78, 5) is 0.0124. The first-order valence-electron chi connectivity index (χ1n) is 7.51. The van der Waals surface area contributed by atoms with E-state index in [2.05, 4.69) is 0 Å². The van der Waals surface area contributed by atoms with Crippen LogP contribution in [-0.2, 0) is 9.84 Å². The van der Waals surface area contributed by atoms with Gasteiger partial charge >= 0.3 is 0 Å². The average Bonchev–Trinajstić information content (AvgIpc) is 2.60. The second-order valence-electron chi connectivity index (χ2n) is 4.90. The Bertz CT molecular complexity index is 820. The van der Waals surface area contributed by atoms with Crippen LogP contribution in [0.5, 0.6) is 5.75 Å². The summed E-state index contributed by atoms with van der Waals surface area (Å²) in [7, 11) is -3.88. The summed E-state index contributed by atoms with van der Waals surface area (Å²) in [5, 5.41) is -0.795. The van der Waals surface area contributed by atoms with Gasteiger partial charge in [0.15, 0.2) is 21.4 Å². The topological polar surface area (TPSA) is 43.4 Å². The van der Waals surface area contributed by atoms with Crippen molar-refractivity contribution < 1.29 is 21.9 Å². The standard InChI is InChI=1S/C15H11ClF2O3S.C2H6/c16-9-1-3-10(4-2-9)22(19,20)13-7-8-21-15-12(18)6-5-11(17)14(13)15;1-2/h1-6,13H,7-8H2;1-2H3. The number of hydrogen-bond donors (Lipinski definition) is 0. The fourth-order valence-electron chi connectivity index (χ4n) is 2.51. The maximum Gasteiger partial charge on any atom is 0.185 e. The number of rotatable bonds is 2. The second-order valence-corrected chi connectivity index (χ2v) is 7.46. The van der Waals surface area contributed by atoms with E-state index in [0.29, 0.717) is 5.02 Å². The lowest BCUT2D eigenvalue weighted by atomic mass is 10.0. The molecule has 1 aliphatic heterocycles. The lowest BCUT2D eigenvalue weighted by Crippen LogP contribution is -2.23. The first-order chi connectivity index (χ1) is 11.4. The molecule has 7 heteroatoms. The molecule has 0 aliphatic carbocycles. The molecule has 1 atom stereocenters. The molecule has 3 rings (SSSR count). The smallest absolute Gasteiger partial charge is 0.185 e. The van der Waals surface area contributed by atoms with Crippen molar-refractivity contribution in [2.75, 3.05) is 6.61 Å². The van der Waals surface area contributed by atoms with Gasteiger partial charge in [0.25, 0.3) is 0 Å². The Kier molecular flexibility index (Phi) is 5.83. The van der Waals surface area contributed by atoms with Crippen LogP contribution < -0.4 is 4.74 Å². The van der Waals surface area contributed by atoms with Gasteiger partial charge in [0.1, 0.15) is 11.1 Å². The first-order valence-corrected chi connectivity index (χ1v) is 9.44. The van der Waals surface area contributed by atoms with E-state index in [9.17, 15) is 17.2 Å². The van der Waals surface area contributed by atoms with Crippen LogP contribution in [0.1, 0.15) is 31.1 Å². The van der Waals surface area contributed by atoms with E-state index in [4.69, 9.17) is 16.3 Å². The van der Waals surface area contributed by atoms with Gasteiger partial charge in [-0.2, -0.15) is 0 Å². The maximum absolute atomic E-state index is 14.1. The highest BCUT2D eigenvalue weighted by atomic mass is 35.5. The molecule has 0 spiro atoms. The second kappa shape index (κ2) is 7.49. The van der Waals surface area contributed by atoms with Crippen molar-refractivity contribution in [1.29, 1.82) is 0 Å². The summed E-state index contributed by atoms with van der Waals surface area (Å²) in [6, 6.07) is 7.42. The van der Waals surface area contributed by atoms with Gasteiger partial charge in [0.05, 0.1) is 17.1 Å². The molecule has 0 N–H and O–H groups in total. The molecule has 1 aliphatic rings. The predicted octanol–water partition coefficient (Wildman–Crippen LogP) is 4.94. The molecule has 2 aromatic rings. The molecule has 130 valence electrons. The van der Waals surface area contributed by atoms with Gasteiger partial charge in [-0.1, -0.05) is 25.4 Å². The normalized spacial score (nSPS) is 16.5. The third kappa shape index (κ3) is 3.39. The van der Waals surface area contributed by atoms with Gasteiger partial charge in [-0.05, 0) is 36.4 Å². The molecular formula is C17H17ClF2O3S. The lowest BCUT2D eigenvalue weighted by Gasteiger charge is -2.26. The monoisotopic (exact) mass is 374 g/mol. The Morgan fingerprint density at radius 1 is 1.04 bits per heavy atom. The molecular weight excluding hydrogens is 358 g/mol. The first kappa shape index (κ1) is 18.7. The van der Waals surface area contributed by atoms with Gasteiger partial charge in [0, 0.05) is 11.4 Å². The van der Waals surface area contributed by atoms with Crippen LogP contribution in [0.2, 0.25) is 5.02 Å². The van der Waals surface area contributed by atoms with Crippen molar-refractivity contribution in [3.8, 4) is 5.75 Å². The highest BCUT2D eigenvalue weighted by Gasteiger charge is 2.37. The molecule has 0 fully saturated rings. The van der Waals surface area contributed by atoms with Crippen LogP contribution in [0.3, 0.4) is 0 Å². The highest BCUT2D eigenvalue weighted by Crippen LogP contribution is 2.42. The number of sulfone groups is 1. The zero-order valence-corrected chi connectivity index (χ0v) is 14.8. The third-order valence-corrected chi connectivity index (χ3v) is 5.96. The van der Waals surface area contributed by atoms with Crippen LogP contribution in [0.4, 0.5) is 8.78 Å². The van der Waals surface area contributed by atoms with Gasteiger partial charge in [-0.15, -0.1) is 0 Å². The maximum atomic E-state index is 14.1.